The maximum atomic E-state index is 13.0. The fourth-order valence-electron chi connectivity index (χ4n) is 4.05. The first kappa shape index (κ1) is 23.6. The summed E-state index contributed by atoms with van der Waals surface area (Å²) in [6.45, 7) is 0. The summed E-state index contributed by atoms with van der Waals surface area (Å²) in [5.41, 5.74) is 4.31. The molecule has 5 aromatic rings. The third-order valence-corrected chi connectivity index (χ3v) is 5.87. The Morgan fingerprint density at radius 3 is 2.05 bits per heavy atom. The molecular formula is C32H25N3O2. The largest absolute Gasteiger partial charge is 0.356 e. The van der Waals surface area contributed by atoms with Crippen molar-refractivity contribution in [1.29, 1.82) is 0 Å². The minimum absolute atomic E-state index is 0.308. The van der Waals surface area contributed by atoms with Gasteiger partial charge in [0.25, 0.3) is 5.91 Å². The predicted molar refractivity (Wildman–Crippen MR) is 152 cm³/mol. The van der Waals surface area contributed by atoms with Crippen molar-refractivity contribution in [3.8, 4) is 0 Å². The first-order chi connectivity index (χ1) is 18.2. The van der Waals surface area contributed by atoms with E-state index in [0.29, 0.717) is 16.9 Å². The van der Waals surface area contributed by atoms with Crippen molar-refractivity contribution in [2.24, 2.45) is 0 Å². The minimum Gasteiger partial charge on any atom is -0.356 e. The summed E-state index contributed by atoms with van der Waals surface area (Å²) >= 11 is 0. The van der Waals surface area contributed by atoms with Crippen molar-refractivity contribution >= 4 is 51.4 Å². The van der Waals surface area contributed by atoms with Crippen LogP contribution in [0.2, 0.25) is 0 Å². The van der Waals surface area contributed by atoms with Gasteiger partial charge >= 0.3 is 0 Å². The van der Waals surface area contributed by atoms with Crippen LogP contribution in [0.5, 0.6) is 0 Å². The standard InChI is InChI=1S/C32H25N3O2/c36-31(22-17-24-11-8-10-23-9-4-5-14-28(23)24)35-30-16-7-6-15-29(30)32(37)34-27-20-18-26(19-21-27)33-25-12-2-1-3-13-25/h1-22,33H,(H,34,37)(H,35,36)/b22-17+. The molecule has 5 aromatic carbocycles. The van der Waals surface area contributed by atoms with Gasteiger partial charge in [0.2, 0.25) is 5.91 Å². The van der Waals surface area contributed by atoms with Crippen LogP contribution in [0.15, 0.2) is 127 Å². The van der Waals surface area contributed by atoms with Crippen LogP contribution in [0, 0.1) is 0 Å². The molecule has 0 aliphatic carbocycles. The van der Waals surface area contributed by atoms with E-state index in [2.05, 4.69) is 16.0 Å². The summed E-state index contributed by atoms with van der Waals surface area (Å²) in [7, 11) is 0. The predicted octanol–water partition coefficient (Wildman–Crippen LogP) is 7.49. The maximum absolute atomic E-state index is 13.0. The molecule has 2 amide bonds. The minimum atomic E-state index is -0.315. The number of fused-ring (bicyclic) bond motifs is 1. The number of nitrogens with one attached hydrogen (secondary N) is 3. The molecule has 0 spiro atoms. The SMILES string of the molecule is O=C(/C=C/c1cccc2ccccc12)Nc1ccccc1C(=O)Nc1ccc(Nc2ccccc2)cc1. The molecule has 0 fully saturated rings. The number of para-hydroxylation sites is 2. The summed E-state index contributed by atoms with van der Waals surface area (Å²) in [6, 6.07) is 38.3. The molecule has 3 N–H and O–H groups in total. The van der Waals surface area contributed by atoms with Crippen molar-refractivity contribution in [3.63, 3.8) is 0 Å². The van der Waals surface area contributed by atoms with Crippen molar-refractivity contribution < 1.29 is 9.59 Å². The first-order valence-electron chi connectivity index (χ1n) is 11.9. The van der Waals surface area contributed by atoms with Gasteiger partial charge in [0.05, 0.1) is 11.3 Å². The lowest BCUT2D eigenvalue weighted by Crippen LogP contribution is -2.17. The highest BCUT2D eigenvalue weighted by atomic mass is 16.2. The zero-order chi connectivity index (χ0) is 25.5. The van der Waals surface area contributed by atoms with Crippen LogP contribution in [0.25, 0.3) is 16.8 Å². The van der Waals surface area contributed by atoms with E-state index in [1.807, 2.05) is 97.1 Å². The molecular weight excluding hydrogens is 458 g/mol. The van der Waals surface area contributed by atoms with E-state index < -0.39 is 0 Å². The van der Waals surface area contributed by atoms with Gasteiger partial charge in [-0.25, -0.2) is 0 Å². The van der Waals surface area contributed by atoms with E-state index in [4.69, 9.17) is 0 Å². The first-order valence-corrected chi connectivity index (χ1v) is 11.9. The lowest BCUT2D eigenvalue weighted by molar-refractivity contribution is -0.111. The molecule has 37 heavy (non-hydrogen) atoms. The number of amides is 2. The Labute approximate surface area is 215 Å². The maximum Gasteiger partial charge on any atom is 0.257 e. The molecule has 0 unspecified atom stereocenters. The highest BCUT2D eigenvalue weighted by molar-refractivity contribution is 6.12. The summed E-state index contributed by atoms with van der Waals surface area (Å²) < 4.78 is 0. The van der Waals surface area contributed by atoms with Crippen LogP contribution in [-0.2, 0) is 4.79 Å². The lowest BCUT2D eigenvalue weighted by atomic mass is 10.0. The molecule has 0 aliphatic rings. The molecule has 0 saturated heterocycles. The topological polar surface area (TPSA) is 70.2 Å². The molecule has 5 heteroatoms. The van der Waals surface area contributed by atoms with Gasteiger partial charge in [0.1, 0.15) is 0 Å². The van der Waals surface area contributed by atoms with E-state index in [0.717, 1.165) is 27.7 Å². The molecule has 0 aromatic heterocycles. The molecule has 0 bridgehead atoms. The van der Waals surface area contributed by atoms with Gasteiger partial charge in [-0.05, 0) is 70.9 Å². The highest BCUT2D eigenvalue weighted by Gasteiger charge is 2.13. The smallest absolute Gasteiger partial charge is 0.257 e. The second-order valence-corrected chi connectivity index (χ2v) is 8.46. The van der Waals surface area contributed by atoms with Crippen LogP contribution >= 0.6 is 0 Å². The quantitative estimate of drug-likeness (QED) is 0.210. The van der Waals surface area contributed by atoms with Crippen molar-refractivity contribution in [3.05, 3.63) is 139 Å². The van der Waals surface area contributed by atoms with Crippen molar-refractivity contribution in [1.82, 2.24) is 0 Å². The average Bonchev–Trinajstić information content (AvgIpc) is 2.94. The van der Waals surface area contributed by atoms with E-state index in [1.165, 1.54) is 6.08 Å². The average molecular weight is 484 g/mol. The Kier molecular flexibility index (Phi) is 7.04. The van der Waals surface area contributed by atoms with E-state index in [-0.39, 0.29) is 11.8 Å². The van der Waals surface area contributed by atoms with Gasteiger partial charge in [-0.15, -0.1) is 0 Å². The van der Waals surface area contributed by atoms with Gasteiger partial charge in [-0.1, -0.05) is 72.8 Å². The van der Waals surface area contributed by atoms with Gasteiger partial charge in [0, 0.05) is 23.1 Å². The molecule has 0 saturated carbocycles. The fraction of sp³-hybridized carbons (Fsp3) is 0. The Balaban J connectivity index is 1.25. The number of hydrogen-bond acceptors (Lipinski definition) is 3. The van der Waals surface area contributed by atoms with E-state index in [1.54, 1.807) is 30.3 Å². The van der Waals surface area contributed by atoms with Crippen LogP contribution in [0.4, 0.5) is 22.7 Å². The molecule has 0 heterocycles. The number of rotatable bonds is 7. The Morgan fingerprint density at radius 2 is 1.22 bits per heavy atom. The Bertz CT molecular complexity index is 1570. The van der Waals surface area contributed by atoms with Gasteiger partial charge in [-0.2, -0.15) is 0 Å². The molecule has 0 aliphatic heterocycles. The second-order valence-electron chi connectivity index (χ2n) is 8.46. The lowest BCUT2D eigenvalue weighted by Gasteiger charge is -2.11. The van der Waals surface area contributed by atoms with Crippen LogP contribution < -0.4 is 16.0 Å². The highest BCUT2D eigenvalue weighted by Crippen LogP contribution is 2.22. The third kappa shape index (κ3) is 5.92. The molecule has 180 valence electrons. The summed E-state index contributed by atoms with van der Waals surface area (Å²) in [4.78, 5) is 25.7. The normalized spacial score (nSPS) is 10.8. The van der Waals surface area contributed by atoms with Gasteiger partial charge in [0.15, 0.2) is 0 Å². The molecule has 0 radical (unpaired) electrons. The van der Waals surface area contributed by atoms with E-state index >= 15 is 0 Å². The molecule has 5 nitrogen and oxygen atoms in total. The van der Waals surface area contributed by atoms with Crippen LogP contribution in [0.1, 0.15) is 15.9 Å². The van der Waals surface area contributed by atoms with Crippen LogP contribution in [-0.4, -0.2) is 11.8 Å². The molecule has 0 atom stereocenters. The molecule has 5 rings (SSSR count). The number of carbonyl (C=O) groups excluding carboxylic acids is 2. The Hall–Kier alpha value is -5.16. The van der Waals surface area contributed by atoms with Gasteiger partial charge < -0.3 is 16.0 Å². The monoisotopic (exact) mass is 483 g/mol. The zero-order valence-electron chi connectivity index (χ0n) is 20.0. The second kappa shape index (κ2) is 11.1. The Morgan fingerprint density at radius 1 is 0.568 bits per heavy atom. The summed E-state index contributed by atoms with van der Waals surface area (Å²) in [5.74, 6) is -0.623. The number of anilines is 4. The number of benzene rings is 5. The fourth-order valence-corrected chi connectivity index (χ4v) is 4.05. The van der Waals surface area contributed by atoms with Crippen molar-refractivity contribution in [2.45, 2.75) is 0 Å². The summed E-state index contributed by atoms with van der Waals surface area (Å²) in [5, 5.41) is 11.2. The van der Waals surface area contributed by atoms with Crippen LogP contribution in [0.3, 0.4) is 0 Å². The number of carbonyl (C=O) groups is 2. The third-order valence-electron chi connectivity index (χ3n) is 5.87. The number of hydrogen-bond donors (Lipinski definition) is 3. The summed E-state index contributed by atoms with van der Waals surface area (Å²) in [6.07, 6.45) is 3.26. The van der Waals surface area contributed by atoms with Crippen molar-refractivity contribution in [2.75, 3.05) is 16.0 Å². The van der Waals surface area contributed by atoms with Gasteiger partial charge in [-0.3, -0.25) is 9.59 Å². The van der Waals surface area contributed by atoms with E-state index in [9.17, 15) is 9.59 Å². The zero-order valence-corrected chi connectivity index (χ0v) is 20.0.